The highest BCUT2D eigenvalue weighted by molar-refractivity contribution is 7.89. The minimum Gasteiger partial charge on any atom is -0.326 e. The zero-order chi connectivity index (χ0) is 14.8. The SMILES string of the molecule is CC1CCCCC1CNS(=O)(=O)c1c[nH]c(=O)c(Cl)c1. The van der Waals surface area contributed by atoms with Crippen molar-refractivity contribution >= 4 is 21.6 Å². The van der Waals surface area contributed by atoms with Gasteiger partial charge >= 0.3 is 0 Å². The van der Waals surface area contributed by atoms with Gasteiger partial charge in [-0.15, -0.1) is 0 Å². The standard InChI is InChI=1S/C13H19ClN2O3S/c1-9-4-2-3-5-10(9)7-16-20(18,19)11-6-12(14)13(17)15-8-11/h6,8-10,16H,2-5,7H2,1H3,(H,15,17). The third-order valence-electron chi connectivity index (χ3n) is 3.97. The molecule has 0 aliphatic heterocycles. The summed E-state index contributed by atoms with van der Waals surface area (Å²) < 4.78 is 26.9. The molecule has 1 aliphatic rings. The van der Waals surface area contributed by atoms with Gasteiger partial charge in [-0.05, 0) is 24.3 Å². The highest BCUT2D eigenvalue weighted by atomic mass is 35.5. The Morgan fingerprint density at radius 3 is 2.75 bits per heavy atom. The number of pyridine rings is 1. The highest BCUT2D eigenvalue weighted by Gasteiger charge is 2.24. The van der Waals surface area contributed by atoms with E-state index in [4.69, 9.17) is 11.6 Å². The average Bonchev–Trinajstić information content (AvgIpc) is 2.41. The molecule has 2 rings (SSSR count). The van der Waals surface area contributed by atoms with Crippen LogP contribution in [-0.4, -0.2) is 19.9 Å². The smallest absolute Gasteiger partial charge is 0.266 e. The molecule has 1 aromatic heterocycles. The van der Waals surface area contributed by atoms with Crippen LogP contribution in [-0.2, 0) is 10.0 Å². The fourth-order valence-corrected chi connectivity index (χ4v) is 3.91. The molecule has 0 radical (unpaired) electrons. The first-order chi connectivity index (χ1) is 9.40. The van der Waals surface area contributed by atoms with Crippen LogP contribution in [0.15, 0.2) is 22.0 Å². The van der Waals surface area contributed by atoms with Crippen molar-refractivity contribution in [3.8, 4) is 0 Å². The Labute approximate surface area is 123 Å². The summed E-state index contributed by atoms with van der Waals surface area (Å²) in [5.74, 6) is 0.905. The number of rotatable bonds is 4. The summed E-state index contributed by atoms with van der Waals surface area (Å²) in [5, 5.41) is -0.126. The van der Waals surface area contributed by atoms with Crippen molar-refractivity contribution < 1.29 is 8.42 Å². The minimum absolute atomic E-state index is 0.00874. The number of aromatic amines is 1. The van der Waals surface area contributed by atoms with E-state index in [0.29, 0.717) is 18.4 Å². The van der Waals surface area contributed by atoms with Crippen molar-refractivity contribution in [3.63, 3.8) is 0 Å². The summed E-state index contributed by atoms with van der Waals surface area (Å²) >= 11 is 5.66. The van der Waals surface area contributed by atoms with Gasteiger partial charge in [-0.3, -0.25) is 4.79 Å². The van der Waals surface area contributed by atoms with Crippen molar-refractivity contribution in [3.05, 3.63) is 27.6 Å². The Bertz CT molecular complexity index is 627. The highest BCUT2D eigenvalue weighted by Crippen LogP contribution is 2.29. The van der Waals surface area contributed by atoms with E-state index in [1.807, 2.05) is 0 Å². The molecule has 1 fully saturated rings. The number of H-pyrrole nitrogens is 1. The number of aromatic nitrogens is 1. The molecule has 0 aromatic carbocycles. The Morgan fingerprint density at radius 2 is 2.10 bits per heavy atom. The molecule has 1 heterocycles. The second-order valence-electron chi connectivity index (χ2n) is 5.39. The lowest BCUT2D eigenvalue weighted by atomic mass is 9.81. The van der Waals surface area contributed by atoms with E-state index >= 15 is 0 Å². The number of sulfonamides is 1. The van der Waals surface area contributed by atoms with Crippen molar-refractivity contribution in [2.24, 2.45) is 11.8 Å². The molecule has 1 aromatic rings. The zero-order valence-electron chi connectivity index (χ0n) is 11.4. The quantitative estimate of drug-likeness (QED) is 0.892. The van der Waals surface area contributed by atoms with Gasteiger partial charge in [-0.25, -0.2) is 13.1 Å². The Kier molecular flexibility index (Phi) is 4.88. The van der Waals surface area contributed by atoms with Crippen molar-refractivity contribution in [2.75, 3.05) is 6.54 Å². The predicted octanol–water partition coefficient (Wildman–Crippen LogP) is 2.13. The lowest BCUT2D eigenvalue weighted by molar-refractivity contribution is 0.257. The van der Waals surface area contributed by atoms with Gasteiger partial charge in [0.1, 0.15) is 5.02 Å². The predicted molar refractivity (Wildman–Crippen MR) is 78.4 cm³/mol. The Hall–Kier alpha value is -0.850. The molecular weight excluding hydrogens is 300 g/mol. The van der Waals surface area contributed by atoms with Gasteiger partial charge in [-0.1, -0.05) is 37.8 Å². The molecule has 1 aliphatic carbocycles. The number of nitrogens with one attached hydrogen (secondary N) is 2. The van der Waals surface area contributed by atoms with Gasteiger partial charge in [0.15, 0.2) is 0 Å². The number of hydrogen-bond acceptors (Lipinski definition) is 3. The van der Waals surface area contributed by atoms with E-state index in [2.05, 4.69) is 16.6 Å². The van der Waals surface area contributed by atoms with Crippen molar-refractivity contribution in [1.82, 2.24) is 9.71 Å². The van der Waals surface area contributed by atoms with Gasteiger partial charge in [0.05, 0.1) is 4.90 Å². The molecule has 0 saturated heterocycles. The van der Waals surface area contributed by atoms with Crippen LogP contribution in [0.1, 0.15) is 32.6 Å². The second kappa shape index (κ2) is 6.28. The van der Waals surface area contributed by atoms with E-state index in [1.165, 1.54) is 18.7 Å². The van der Waals surface area contributed by atoms with E-state index in [9.17, 15) is 13.2 Å². The Morgan fingerprint density at radius 1 is 1.40 bits per heavy atom. The number of halogens is 1. The van der Waals surface area contributed by atoms with Crippen molar-refractivity contribution in [2.45, 2.75) is 37.5 Å². The maximum absolute atomic E-state index is 12.2. The molecule has 0 spiro atoms. The molecule has 2 N–H and O–H groups in total. The van der Waals surface area contributed by atoms with Crippen LogP contribution in [0.5, 0.6) is 0 Å². The van der Waals surface area contributed by atoms with Crippen LogP contribution in [0.3, 0.4) is 0 Å². The van der Waals surface area contributed by atoms with E-state index in [1.54, 1.807) is 0 Å². The van der Waals surface area contributed by atoms with Crippen LogP contribution in [0.25, 0.3) is 0 Å². The second-order valence-corrected chi connectivity index (χ2v) is 7.56. The lowest BCUT2D eigenvalue weighted by Gasteiger charge is -2.28. The van der Waals surface area contributed by atoms with E-state index < -0.39 is 15.6 Å². The molecule has 2 unspecified atom stereocenters. The molecule has 20 heavy (non-hydrogen) atoms. The van der Waals surface area contributed by atoms with Crippen molar-refractivity contribution in [1.29, 1.82) is 0 Å². The zero-order valence-corrected chi connectivity index (χ0v) is 12.9. The third-order valence-corrected chi connectivity index (χ3v) is 5.65. The fraction of sp³-hybridized carbons (Fsp3) is 0.615. The maximum Gasteiger partial charge on any atom is 0.266 e. The average molecular weight is 319 g/mol. The molecule has 0 bridgehead atoms. The minimum atomic E-state index is -3.63. The van der Waals surface area contributed by atoms with Crippen LogP contribution in [0.2, 0.25) is 5.02 Å². The van der Waals surface area contributed by atoms with Crippen LogP contribution >= 0.6 is 11.6 Å². The van der Waals surface area contributed by atoms with Crippen LogP contribution < -0.4 is 10.3 Å². The summed E-state index contributed by atoms with van der Waals surface area (Å²) in [5.41, 5.74) is -0.494. The van der Waals surface area contributed by atoms with Gasteiger partial charge in [0.2, 0.25) is 10.0 Å². The maximum atomic E-state index is 12.2. The van der Waals surface area contributed by atoms with E-state index in [-0.39, 0.29) is 9.92 Å². The molecular formula is C13H19ClN2O3S. The molecule has 2 atom stereocenters. The first kappa shape index (κ1) is 15.5. The summed E-state index contributed by atoms with van der Waals surface area (Å²) in [4.78, 5) is 13.4. The van der Waals surface area contributed by atoms with Gasteiger partial charge in [0, 0.05) is 12.7 Å². The fourth-order valence-electron chi connectivity index (χ4n) is 2.59. The largest absolute Gasteiger partial charge is 0.326 e. The molecule has 1 saturated carbocycles. The first-order valence-electron chi connectivity index (χ1n) is 6.78. The normalized spacial score (nSPS) is 23.7. The van der Waals surface area contributed by atoms with Gasteiger partial charge in [-0.2, -0.15) is 0 Å². The summed E-state index contributed by atoms with van der Waals surface area (Å²) in [7, 11) is -3.63. The monoisotopic (exact) mass is 318 g/mol. The molecule has 112 valence electrons. The van der Waals surface area contributed by atoms with Crippen LogP contribution in [0.4, 0.5) is 0 Å². The summed E-state index contributed by atoms with van der Waals surface area (Å²) in [6.45, 7) is 2.59. The lowest BCUT2D eigenvalue weighted by Crippen LogP contribution is -2.33. The topological polar surface area (TPSA) is 79.0 Å². The summed E-state index contributed by atoms with van der Waals surface area (Å²) in [6.07, 6.45) is 5.74. The molecule has 5 nitrogen and oxygen atoms in total. The van der Waals surface area contributed by atoms with Gasteiger partial charge < -0.3 is 4.98 Å². The number of hydrogen-bond donors (Lipinski definition) is 2. The van der Waals surface area contributed by atoms with Crippen LogP contribution in [0, 0.1) is 11.8 Å². The third kappa shape index (κ3) is 3.62. The van der Waals surface area contributed by atoms with E-state index in [0.717, 1.165) is 19.3 Å². The Balaban J connectivity index is 2.07. The summed E-state index contributed by atoms with van der Waals surface area (Å²) in [6, 6.07) is 1.17. The molecule has 0 amide bonds. The molecule has 7 heteroatoms. The first-order valence-corrected chi connectivity index (χ1v) is 8.64. The van der Waals surface area contributed by atoms with Gasteiger partial charge in [0.25, 0.3) is 5.56 Å².